The molecule has 1 aliphatic rings. The first-order valence-electron chi connectivity index (χ1n) is 7.49. The molecule has 1 aliphatic carbocycles. The molecule has 2 aromatic rings. The van der Waals surface area contributed by atoms with Crippen molar-refractivity contribution in [2.45, 2.75) is 44.6 Å². The van der Waals surface area contributed by atoms with Crippen LogP contribution in [0.2, 0.25) is 0 Å². The largest absolute Gasteiger partial charge is 0.313 e. The highest BCUT2D eigenvalue weighted by atomic mass is 15.2. The molecule has 1 N–H and O–H groups in total. The van der Waals surface area contributed by atoms with Crippen molar-refractivity contribution in [3.63, 3.8) is 0 Å². The Balaban J connectivity index is 1.92. The Labute approximate surface area is 115 Å². The average Bonchev–Trinajstić information content (AvgIpc) is 2.69. The van der Waals surface area contributed by atoms with E-state index < -0.39 is 0 Å². The van der Waals surface area contributed by atoms with Gasteiger partial charge in [0.1, 0.15) is 0 Å². The van der Waals surface area contributed by atoms with Crippen molar-refractivity contribution in [2.75, 3.05) is 7.05 Å². The molecule has 0 bridgehead atoms. The first-order chi connectivity index (χ1) is 9.40. The van der Waals surface area contributed by atoms with Crippen LogP contribution in [0.1, 0.15) is 50.1 Å². The number of rotatable bonds is 3. The Morgan fingerprint density at radius 1 is 1.21 bits per heavy atom. The van der Waals surface area contributed by atoms with Gasteiger partial charge in [-0.25, -0.2) is 4.52 Å². The zero-order valence-electron chi connectivity index (χ0n) is 11.7. The number of hydrogen-bond donors (Lipinski definition) is 1. The zero-order chi connectivity index (χ0) is 13.1. The first-order valence-corrected chi connectivity index (χ1v) is 7.49. The fourth-order valence-corrected chi connectivity index (χ4v) is 3.48. The number of nitrogens with zero attached hydrogens (tertiary/aromatic N) is 2. The van der Waals surface area contributed by atoms with Gasteiger partial charge >= 0.3 is 0 Å². The molecule has 102 valence electrons. The van der Waals surface area contributed by atoms with Crippen molar-refractivity contribution in [3.05, 3.63) is 36.2 Å². The van der Waals surface area contributed by atoms with E-state index in [1.54, 1.807) is 0 Å². The number of fused-ring (bicyclic) bond motifs is 1. The predicted molar refractivity (Wildman–Crippen MR) is 78.2 cm³/mol. The molecule has 0 saturated heterocycles. The van der Waals surface area contributed by atoms with Gasteiger partial charge in [0, 0.05) is 17.8 Å². The highest BCUT2D eigenvalue weighted by Crippen LogP contribution is 2.34. The summed E-state index contributed by atoms with van der Waals surface area (Å²) in [5.74, 6) is 0.751. The molecule has 0 radical (unpaired) electrons. The standard InChI is InChI=1S/C16H23N3/c1-17-16(13-8-4-2-3-5-9-13)14-12-18-19-11-7-6-10-15(14)19/h6-7,10-13,16-17H,2-5,8-9H2,1H3. The third kappa shape index (κ3) is 2.52. The molecule has 0 aromatic carbocycles. The van der Waals surface area contributed by atoms with Crippen LogP contribution in [0.5, 0.6) is 0 Å². The molecule has 19 heavy (non-hydrogen) atoms. The topological polar surface area (TPSA) is 29.3 Å². The van der Waals surface area contributed by atoms with Crippen molar-refractivity contribution in [3.8, 4) is 0 Å². The van der Waals surface area contributed by atoms with Crippen LogP contribution < -0.4 is 5.32 Å². The van der Waals surface area contributed by atoms with Gasteiger partial charge in [-0.15, -0.1) is 0 Å². The van der Waals surface area contributed by atoms with E-state index >= 15 is 0 Å². The molecular weight excluding hydrogens is 234 g/mol. The fraction of sp³-hybridized carbons (Fsp3) is 0.562. The highest BCUT2D eigenvalue weighted by molar-refractivity contribution is 5.55. The van der Waals surface area contributed by atoms with Crippen molar-refractivity contribution < 1.29 is 0 Å². The quantitative estimate of drug-likeness (QED) is 0.852. The summed E-state index contributed by atoms with van der Waals surface area (Å²) in [7, 11) is 2.09. The molecule has 0 amide bonds. The Kier molecular flexibility index (Phi) is 3.83. The Bertz CT molecular complexity index is 524. The van der Waals surface area contributed by atoms with Crippen LogP contribution in [-0.2, 0) is 0 Å². The maximum absolute atomic E-state index is 4.48. The van der Waals surface area contributed by atoms with Crippen LogP contribution >= 0.6 is 0 Å². The summed E-state index contributed by atoms with van der Waals surface area (Å²) < 4.78 is 1.98. The molecule has 1 saturated carbocycles. The van der Waals surface area contributed by atoms with Crippen molar-refractivity contribution in [1.29, 1.82) is 0 Å². The van der Waals surface area contributed by atoms with Crippen LogP contribution in [0.25, 0.3) is 5.52 Å². The maximum atomic E-state index is 4.48. The summed E-state index contributed by atoms with van der Waals surface area (Å²) >= 11 is 0. The van der Waals surface area contributed by atoms with Crippen LogP contribution in [0.4, 0.5) is 0 Å². The van der Waals surface area contributed by atoms with Crippen LogP contribution in [0.15, 0.2) is 30.6 Å². The summed E-state index contributed by atoms with van der Waals surface area (Å²) in [6.45, 7) is 0. The molecule has 0 aliphatic heterocycles. The van der Waals surface area contributed by atoms with E-state index in [-0.39, 0.29) is 0 Å². The minimum absolute atomic E-state index is 0.443. The summed E-state index contributed by atoms with van der Waals surface area (Å²) in [5, 5.41) is 8.02. The van der Waals surface area contributed by atoms with Gasteiger partial charge in [-0.05, 0) is 37.9 Å². The highest BCUT2D eigenvalue weighted by Gasteiger charge is 2.25. The zero-order valence-corrected chi connectivity index (χ0v) is 11.7. The van der Waals surface area contributed by atoms with Gasteiger partial charge in [0.2, 0.25) is 0 Å². The smallest absolute Gasteiger partial charge is 0.0709 e. The van der Waals surface area contributed by atoms with E-state index in [0.717, 1.165) is 5.92 Å². The summed E-state index contributed by atoms with van der Waals surface area (Å²) in [4.78, 5) is 0. The summed E-state index contributed by atoms with van der Waals surface area (Å²) in [6.07, 6.45) is 12.3. The Morgan fingerprint density at radius 2 is 2.00 bits per heavy atom. The summed E-state index contributed by atoms with van der Waals surface area (Å²) in [5.41, 5.74) is 2.60. The van der Waals surface area contributed by atoms with Gasteiger partial charge in [-0.3, -0.25) is 0 Å². The molecule has 3 rings (SSSR count). The number of pyridine rings is 1. The van der Waals surface area contributed by atoms with Gasteiger partial charge < -0.3 is 5.32 Å². The lowest BCUT2D eigenvalue weighted by atomic mass is 9.88. The van der Waals surface area contributed by atoms with Crippen molar-refractivity contribution >= 4 is 5.52 Å². The van der Waals surface area contributed by atoms with E-state index in [0.29, 0.717) is 6.04 Å². The lowest BCUT2D eigenvalue weighted by molar-refractivity contribution is 0.343. The molecule has 0 spiro atoms. The monoisotopic (exact) mass is 257 g/mol. The normalized spacial score (nSPS) is 19.4. The van der Waals surface area contributed by atoms with E-state index in [1.807, 2.05) is 23.0 Å². The molecule has 3 heteroatoms. The van der Waals surface area contributed by atoms with E-state index in [1.165, 1.54) is 49.6 Å². The minimum atomic E-state index is 0.443. The second-order valence-electron chi connectivity index (χ2n) is 5.65. The SMILES string of the molecule is CNC(c1cnn2ccccc12)C1CCCCCC1. The number of aromatic nitrogens is 2. The fourth-order valence-electron chi connectivity index (χ4n) is 3.48. The van der Waals surface area contributed by atoms with Gasteiger partial charge in [-0.2, -0.15) is 5.10 Å². The van der Waals surface area contributed by atoms with E-state index in [4.69, 9.17) is 0 Å². The Morgan fingerprint density at radius 3 is 2.74 bits per heavy atom. The first kappa shape index (κ1) is 12.7. The lowest BCUT2D eigenvalue weighted by Crippen LogP contribution is -2.25. The molecule has 1 unspecified atom stereocenters. The van der Waals surface area contributed by atoms with Gasteiger partial charge in [0.15, 0.2) is 0 Å². The molecule has 2 aromatic heterocycles. The van der Waals surface area contributed by atoms with E-state index in [9.17, 15) is 0 Å². The maximum Gasteiger partial charge on any atom is 0.0709 e. The van der Waals surface area contributed by atoms with Crippen molar-refractivity contribution in [2.24, 2.45) is 5.92 Å². The average molecular weight is 257 g/mol. The predicted octanol–water partition coefficient (Wildman–Crippen LogP) is 3.57. The third-order valence-corrected chi connectivity index (χ3v) is 4.47. The molecular formula is C16H23N3. The second kappa shape index (κ2) is 5.74. The number of nitrogens with one attached hydrogen (secondary N) is 1. The molecule has 3 nitrogen and oxygen atoms in total. The van der Waals surface area contributed by atoms with Gasteiger partial charge in [0.25, 0.3) is 0 Å². The summed E-state index contributed by atoms with van der Waals surface area (Å²) in [6, 6.07) is 6.74. The van der Waals surface area contributed by atoms with Crippen molar-refractivity contribution in [1.82, 2.24) is 14.9 Å². The van der Waals surface area contributed by atoms with Crippen LogP contribution in [0, 0.1) is 5.92 Å². The second-order valence-corrected chi connectivity index (χ2v) is 5.65. The molecule has 1 fully saturated rings. The van der Waals surface area contributed by atoms with Crippen LogP contribution in [0.3, 0.4) is 0 Å². The molecule has 2 heterocycles. The molecule has 1 atom stereocenters. The number of hydrogen-bond acceptors (Lipinski definition) is 2. The lowest BCUT2D eigenvalue weighted by Gasteiger charge is -2.25. The van der Waals surface area contributed by atoms with Gasteiger partial charge in [0.05, 0.1) is 11.7 Å². The van der Waals surface area contributed by atoms with Gasteiger partial charge in [-0.1, -0.05) is 31.7 Å². The third-order valence-electron chi connectivity index (χ3n) is 4.47. The minimum Gasteiger partial charge on any atom is -0.313 e. The van der Waals surface area contributed by atoms with E-state index in [2.05, 4.69) is 29.6 Å². The van der Waals surface area contributed by atoms with Crippen LogP contribution in [-0.4, -0.2) is 16.7 Å². The Hall–Kier alpha value is -1.35.